The number of fused-ring (bicyclic) bond motifs is 1. The first kappa shape index (κ1) is 24.0. The molecule has 8 heteroatoms. The Morgan fingerprint density at radius 2 is 1.83 bits per heavy atom. The van der Waals surface area contributed by atoms with E-state index < -0.39 is 12.2 Å². The van der Waals surface area contributed by atoms with E-state index in [0.717, 1.165) is 11.1 Å². The van der Waals surface area contributed by atoms with Crippen LogP contribution in [0.2, 0.25) is 0 Å². The van der Waals surface area contributed by atoms with Gasteiger partial charge >= 0.3 is 0 Å². The maximum atomic E-state index is 12.2. The van der Waals surface area contributed by atoms with Crippen LogP contribution in [0.15, 0.2) is 66.7 Å². The predicted octanol–water partition coefficient (Wildman–Crippen LogP) is 3.35. The van der Waals surface area contributed by atoms with E-state index in [0.29, 0.717) is 35.8 Å². The van der Waals surface area contributed by atoms with E-state index in [-0.39, 0.29) is 24.0 Å². The van der Waals surface area contributed by atoms with Crippen molar-refractivity contribution in [2.45, 2.75) is 18.6 Å². The Balaban J connectivity index is 1.39. The van der Waals surface area contributed by atoms with Crippen molar-refractivity contribution in [2.75, 3.05) is 20.3 Å². The molecule has 0 bridgehead atoms. The Labute approximate surface area is 203 Å². The smallest absolute Gasteiger partial charge is 0.244 e. The molecule has 0 fully saturated rings. The van der Waals surface area contributed by atoms with Gasteiger partial charge in [0.1, 0.15) is 5.75 Å². The Hall–Kier alpha value is -4.17. The van der Waals surface area contributed by atoms with Crippen molar-refractivity contribution in [1.29, 1.82) is 0 Å². The van der Waals surface area contributed by atoms with Gasteiger partial charge in [-0.3, -0.25) is 4.79 Å². The number of aliphatic hydroxyl groups excluding tert-OH is 1. The maximum absolute atomic E-state index is 12.2. The SMILES string of the molecule is COc1cc(C2Oc3ccc(/C=C\C(=O)NCCc4ccc(O)cc4)cc3OC2CO)ccc1O. The van der Waals surface area contributed by atoms with E-state index in [4.69, 9.17) is 14.2 Å². The van der Waals surface area contributed by atoms with Crippen LogP contribution in [-0.4, -0.2) is 47.6 Å². The molecule has 1 amide bonds. The third-order valence-electron chi connectivity index (χ3n) is 5.63. The fourth-order valence-corrected chi connectivity index (χ4v) is 3.77. The molecule has 0 radical (unpaired) electrons. The number of benzene rings is 3. The summed E-state index contributed by atoms with van der Waals surface area (Å²) in [4.78, 5) is 12.2. The number of methoxy groups -OCH3 is 1. The predicted molar refractivity (Wildman–Crippen MR) is 130 cm³/mol. The lowest BCUT2D eigenvalue weighted by Crippen LogP contribution is -2.36. The molecule has 4 N–H and O–H groups in total. The van der Waals surface area contributed by atoms with Crippen molar-refractivity contribution in [3.8, 4) is 28.7 Å². The topological polar surface area (TPSA) is 117 Å². The number of aliphatic hydroxyl groups is 1. The lowest BCUT2D eigenvalue weighted by Gasteiger charge is -2.33. The van der Waals surface area contributed by atoms with Gasteiger partial charge in [-0.05, 0) is 60.0 Å². The van der Waals surface area contributed by atoms with Gasteiger partial charge < -0.3 is 34.8 Å². The Morgan fingerprint density at radius 3 is 2.57 bits per heavy atom. The number of aromatic hydroxyl groups is 2. The van der Waals surface area contributed by atoms with E-state index in [1.807, 2.05) is 12.1 Å². The molecule has 8 nitrogen and oxygen atoms in total. The number of phenols is 2. The van der Waals surface area contributed by atoms with E-state index in [1.54, 1.807) is 48.5 Å². The van der Waals surface area contributed by atoms with Crippen LogP contribution >= 0.6 is 0 Å². The molecule has 3 aromatic rings. The van der Waals surface area contributed by atoms with Crippen molar-refractivity contribution in [3.05, 3.63) is 83.4 Å². The fraction of sp³-hybridized carbons (Fsp3) is 0.222. The van der Waals surface area contributed by atoms with Crippen LogP contribution in [0.1, 0.15) is 22.8 Å². The van der Waals surface area contributed by atoms with Crippen molar-refractivity contribution in [3.63, 3.8) is 0 Å². The van der Waals surface area contributed by atoms with Gasteiger partial charge in [-0.15, -0.1) is 0 Å². The van der Waals surface area contributed by atoms with E-state index in [1.165, 1.54) is 19.3 Å². The number of carbonyl (C=O) groups excluding carboxylic acids is 1. The van der Waals surface area contributed by atoms with Gasteiger partial charge in [0.15, 0.2) is 35.2 Å². The summed E-state index contributed by atoms with van der Waals surface area (Å²) in [6.07, 6.45) is 2.50. The highest BCUT2D eigenvalue weighted by Crippen LogP contribution is 2.41. The monoisotopic (exact) mass is 477 g/mol. The molecule has 2 atom stereocenters. The number of rotatable bonds is 8. The minimum atomic E-state index is -0.667. The summed E-state index contributed by atoms with van der Waals surface area (Å²) in [5.41, 5.74) is 2.45. The minimum Gasteiger partial charge on any atom is -0.508 e. The maximum Gasteiger partial charge on any atom is 0.244 e. The molecular weight excluding hydrogens is 450 g/mol. The molecule has 0 aliphatic carbocycles. The molecule has 1 aliphatic heterocycles. The normalized spacial score (nSPS) is 16.7. The number of hydrogen-bond acceptors (Lipinski definition) is 7. The van der Waals surface area contributed by atoms with Gasteiger partial charge in [0.25, 0.3) is 0 Å². The van der Waals surface area contributed by atoms with Gasteiger partial charge in [0.05, 0.1) is 13.7 Å². The van der Waals surface area contributed by atoms with E-state index in [9.17, 15) is 20.1 Å². The summed E-state index contributed by atoms with van der Waals surface area (Å²) in [7, 11) is 1.46. The Morgan fingerprint density at radius 1 is 1.03 bits per heavy atom. The highest BCUT2D eigenvalue weighted by Gasteiger charge is 2.33. The third-order valence-corrected chi connectivity index (χ3v) is 5.63. The van der Waals surface area contributed by atoms with Gasteiger partial charge in [-0.25, -0.2) is 0 Å². The van der Waals surface area contributed by atoms with Crippen LogP contribution < -0.4 is 19.5 Å². The molecule has 35 heavy (non-hydrogen) atoms. The second kappa shape index (κ2) is 10.8. The highest BCUT2D eigenvalue weighted by atomic mass is 16.6. The zero-order valence-corrected chi connectivity index (χ0v) is 19.2. The minimum absolute atomic E-state index is 0.00902. The average molecular weight is 478 g/mol. The summed E-state index contributed by atoms with van der Waals surface area (Å²) < 4.78 is 17.3. The molecule has 1 aliphatic rings. The number of ether oxygens (including phenoxy) is 3. The van der Waals surface area contributed by atoms with Gasteiger partial charge in [-0.2, -0.15) is 0 Å². The zero-order chi connectivity index (χ0) is 24.8. The summed E-state index contributed by atoms with van der Waals surface area (Å²) in [5, 5.41) is 31.9. The second-order valence-corrected chi connectivity index (χ2v) is 8.06. The number of nitrogens with one attached hydrogen (secondary N) is 1. The first-order chi connectivity index (χ1) is 17.0. The Kier molecular flexibility index (Phi) is 7.42. The molecule has 3 aromatic carbocycles. The molecule has 182 valence electrons. The molecule has 0 aromatic heterocycles. The van der Waals surface area contributed by atoms with Crippen LogP contribution in [-0.2, 0) is 11.2 Å². The first-order valence-electron chi connectivity index (χ1n) is 11.2. The summed E-state index contributed by atoms with van der Waals surface area (Å²) in [6, 6.07) is 17.0. The van der Waals surface area contributed by atoms with Crippen molar-refractivity contribution in [2.24, 2.45) is 0 Å². The standard InChI is InChI=1S/C27H27NO7/c1-33-23-15-19(6-9-21(23)31)27-25(16-29)34-24-14-18(4-10-22(24)35-27)5-11-26(32)28-13-12-17-2-7-20(30)8-3-17/h2-11,14-15,25,27,29-31H,12-13,16H2,1H3,(H,28,32)/b11-5-. The number of carbonyl (C=O) groups is 1. The number of amides is 1. The highest BCUT2D eigenvalue weighted by molar-refractivity contribution is 5.91. The van der Waals surface area contributed by atoms with Crippen LogP contribution in [0.5, 0.6) is 28.7 Å². The van der Waals surface area contributed by atoms with Crippen molar-refractivity contribution in [1.82, 2.24) is 5.32 Å². The van der Waals surface area contributed by atoms with E-state index >= 15 is 0 Å². The molecule has 0 spiro atoms. The third kappa shape index (κ3) is 5.85. The molecule has 4 rings (SSSR count). The number of phenolic OH excluding ortho intramolecular Hbond substituents is 2. The van der Waals surface area contributed by atoms with Crippen molar-refractivity contribution >= 4 is 12.0 Å². The van der Waals surface area contributed by atoms with Gasteiger partial charge in [0.2, 0.25) is 5.91 Å². The quantitative estimate of drug-likeness (QED) is 0.368. The Bertz CT molecular complexity index is 1210. The molecule has 0 saturated carbocycles. The average Bonchev–Trinajstić information content (AvgIpc) is 2.88. The largest absolute Gasteiger partial charge is 0.508 e. The first-order valence-corrected chi connectivity index (χ1v) is 11.2. The lowest BCUT2D eigenvalue weighted by atomic mass is 10.0. The van der Waals surface area contributed by atoms with E-state index in [2.05, 4.69) is 5.32 Å². The van der Waals surface area contributed by atoms with Crippen LogP contribution in [0, 0.1) is 0 Å². The summed E-state index contributed by atoms with van der Waals surface area (Å²) in [5.74, 6) is 1.25. The van der Waals surface area contributed by atoms with Gasteiger partial charge in [0, 0.05) is 18.2 Å². The van der Waals surface area contributed by atoms with Crippen LogP contribution in [0.4, 0.5) is 0 Å². The lowest BCUT2D eigenvalue weighted by molar-refractivity contribution is -0.116. The molecule has 2 unspecified atom stereocenters. The fourth-order valence-electron chi connectivity index (χ4n) is 3.77. The molecule has 0 saturated heterocycles. The zero-order valence-electron chi connectivity index (χ0n) is 19.2. The molecule has 1 heterocycles. The summed E-state index contributed by atoms with van der Waals surface area (Å²) >= 11 is 0. The van der Waals surface area contributed by atoms with Crippen LogP contribution in [0.25, 0.3) is 6.08 Å². The summed E-state index contributed by atoms with van der Waals surface area (Å²) in [6.45, 7) is 0.188. The number of hydrogen-bond donors (Lipinski definition) is 4. The second-order valence-electron chi connectivity index (χ2n) is 8.06. The molecular formula is C27H27NO7. The van der Waals surface area contributed by atoms with Crippen LogP contribution in [0.3, 0.4) is 0 Å². The van der Waals surface area contributed by atoms with Gasteiger partial charge in [-0.1, -0.05) is 24.3 Å². The van der Waals surface area contributed by atoms with Crippen molar-refractivity contribution < 1.29 is 34.3 Å².